The van der Waals surface area contributed by atoms with Gasteiger partial charge in [-0.3, -0.25) is 9.69 Å². The van der Waals surface area contributed by atoms with Crippen molar-refractivity contribution in [3.05, 3.63) is 27.6 Å². The summed E-state index contributed by atoms with van der Waals surface area (Å²) >= 11 is 1.45. The Morgan fingerprint density at radius 2 is 2.18 bits per heavy atom. The van der Waals surface area contributed by atoms with E-state index < -0.39 is 0 Å². The lowest BCUT2D eigenvalue weighted by Gasteiger charge is -2.34. The number of fused-ring (bicyclic) bond motifs is 1. The molecule has 0 aliphatic carbocycles. The van der Waals surface area contributed by atoms with Crippen LogP contribution in [0.25, 0.3) is 10.2 Å². The molecule has 0 unspecified atom stereocenters. The minimum atomic E-state index is -0.00763. The lowest BCUT2D eigenvalue weighted by Crippen LogP contribution is -2.43. The maximum Gasteiger partial charge on any atom is 0.268 e. The maximum absolute atomic E-state index is 12.1. The second-order valence-corrected chi connectivity index (χ2v) is 6.52. The Bertz CT molecular complexity index is 650. The van der Waals surface area contributed by atoms with Crippen molar-refractivity contribution >= 4 is 34.0 Å². The Balaban J connectivity index is 0.00000176. The molecule has 2 N–H and O–H groups in total. The number of nitrogens with zero attached hydrogens (tertiary/aromatic N) is 2. The zero-order chi connectivity index (χ0) is 14.7. The number of halogens is 1. The Kier molecular flexibility index (Phi) is 6.37. The number of H-pyrrole nitrogens is 1. The van der Waals surface area contributed by atoms with Crippen LogP contribution >= 0.6 is 23.7 Å². The molecule has 7 heteroatoms. The molecule has 0 amide bonds. The highest BCUT2D eigenvalue weighted by Gasteiger charge is 2.21. The number of aromatic nitrogens is 2. The second-order valence-electron chi connectivity index (χ2n) is 5.60. The van der Waals surface area contributed by atoms with Crippen LogP contribution in [-0.2, 0) is 6.54 Å². The number of piperidine rings is 1. The lowest BCUT2D eigenvalue weighted by atomic mass is 10.0. The average molecular weight is 343 g/mol. The standard InChI is InChI=1S/C15H22N4OS.ClH/c1-2-8-19(11-3-6-16-7-4-11)10-13-17-12-5-9-21-14(12)15(20)18-13;/h5,9,11,16H,2-4,6-8,10H2,1H3,(H,17,18,20);1H. The number of thiophene rings is 1. The van der Waals surface area contributed by atoms with E-state index in [2.05, 4.69) is 27.1 Å². The smallest absolute Gasteiger partial charge is 0.268 e. The molecule has 3 heterocycles. The van der Waals surface area contributed by atoms with E-state index in [4.69, 9.17) is 0 Å². The Hall–Kier alpha value is -0.950. The van der Waals surface area contributed by atoms with Crippen molar-refractivity contribution in [2.24, 2.45) is 0 Å². The van der Waals surface area contributed by atoms with Crippen molar-refractivity contribution < 1.29 is 0 Å². The first-order chi connectivity index (χ1) is 10.3. The third kappa shape index (κ3) is 3.87. The topological polar surface area (TPSA) is 61.0 Å². The van der Waals surface area contributed by atoms with E-state index in [1.54, 1.807) is 0 Å². The van der Waals surface area contributed by atoms with Gasteiger partial charge in [0.25, 0.3) is 5.56 Å². The van der Waals surface area contributed by atoms with Crippen LogP contribution in [0.5, 0.6) is 0 Å². The third-order valence-corrected chi connectivity index (χ3v) is 4.96. The molecular weight excluding hydrogens is 320 g/mol. The highest BCUT2D eigenvalue weighted by molar-refractivity contribution is 7.17. The van der Waals surface area contributed by atoms with Gasteiger partial charge in [0.05, 0.1) is 12.1 Å². The van der Waals surface area contributed by atoms with Crippen LogP contribution in [-0.4, -0.2) is 40.5 Å². The van der Waals surface area contributed by atoms with Crippen LogP contribution in [0, 0.1) is 0 Å². The summed E-state index contributed by atoms with van der Waals surface area (Å²) in [4.78, 5) is 22.1. The number of aromatic amines is 1. The molecule has 1 saturated heterocycles. The summed E-state index contributed by atoms with van der Waals surface area (Å²) in [6, 6.07) is 2.52. The minimum Gasteiger partial charge on any atom is -0.317 e. The fourth-order valence-electron chi connectivity index (χ4n) is 3.04. The normalized spacial score (nSPS) is 16.1. The molecular formula is C15H23ClN4OS. The van der Waals surface area contributed by atoms with Gasteiger partial charge in [-0.05, 0) is 50.3 Å². The van der Waals surface area contributed by atoms with E-state index in [1.807, 2.05) is 11.4 Å². The molecule has 0 atom stereocenters. The molecule has 1 aliphatic heterocycles. The maximum atomic E-state index is 12.1. The van der Waals surface area contributed by atoms with Crippen molar-refractivity contribution in [3.63, 3.8) is 0 Å². The third-order valence-electron chi connectivity index (χ3n) is 4.05. The van der Waals surface area contributed by atoms with Crippen LogP contribution < -0.4 is 10.9 Å². The van der Waals surface area contributed by atoms with Gasteiger partial charge >= 0.3 is 0 Å². The van der Waals surface area contributed by atoms with Gasteiger partial charge in [-0.2, -0.15) is 0 Å². The van der Waals surface area contributed by atoms with E-state index in [1.165, 1.54) is 24.2 Å². The fourth-order valence-corrected chi connectivity index (χ4v) is 3.76. The van der Waals surface area contributed by atoms with Crippen LogP contribution in [0.15, 0.2) is 16.2 Å². The zero-order valence-corrected chi connectivity index (χ0v) is 14.4. The van der Waals surface area contributed by atoms with Crippen LogP contribution in [0.3, 0.4) is 0 Å². The summed E-state index contributed by atoms with van der Waals surface area (Å²) in [5, 5.41) is 5.33. The zero-order valence-electron chi connectivity index (χ0n) is 12.8. The van der Waals surface area contributed by atoms with Crippen molar-refractivity contribution in [2.75, 3.05) is 19.6 Å². The summed E-state index contributed by atoms with van der Waals surface area (Å²) < 4.78 is 0.725. The first-order valence-corrected chi connectivity index (χ1v) is 8.57. The SMILES string of the molecule is CCCN(Cc1nc2ccsc2c(=O)[nH]1)C1CCNCC1.Cl. The van der Waals surface area contributed by atoms with Gasteiger partial charge in [-0.1, -0.05) is 6.92 Å². The molecule has 2 aromatic heterocycles. The van der Waals surface area contributed by atoms with Gasteiger partial charge in [0, 0.05) is 6.04 Å². The molecule has 2 aromatic rings. The van der Waals surface area contributed by atoms with Crippen LogP contribution in [0.4, 0.5) is 0 Å². The molecule has 22 heavy (non-hydrogen) atoms. The van der Waals surface area contributed by atoms with E-state index in [9.17, 15) is 4.79 Å². The molecule has 0 aromatic carbocycles. The summed E-state index contributed by atoms with van der Waals surface area (Å²) in [5.41, 5.74) is 0.812. The molecule has 3 rings (SSSR count). The fraction of sp³-hybridized carbons (Fsp3) is 0.600. The Morgan fingerprint density at radius 3 is 2.91 bits per heavy atom. The molecule has 122 valence electrons. The van der Waals surface area contributed by atoms with Gasteiger partial charge in [-0.25, -0.2) is 4.98 Å². The van der Waals surface area contributed by atoms with Gasteiger partial charge in [0.1, 0.15) is 10.5 Å². The Labute approximate surface area is 140 Å². The first-order valence-electron chi connectivity index (χ1n) is 7.69. The number of nitrogens with one attached hydrogen (secondary N) is 2. The second kappa shape index (κ2) is 8.06. The minimum absolute atomic E-state index is 0. The van der Waals surface area contributed by atoms with E-state index >= 15 is 0 Å². The number of hydrogen-bond acceptors (Lipinski definition) is 5. The predicted octanol–water partition coefficient (Wildman–Crippen LogP) is 2.37. The molecule has 0 saturated carbocycles. The summed E-state index contributed by atoms with van der Waals surface area (Å²) in [6.07, 6.45) is 3.46. The van der Waals surface area contributed by atoms with E-state index in [0.717, 1.165) is 48.6 Å². The number of rotatable bonds is 5. The van der Waals surface area contributed by atoms with Gasteiger partial charge in [-0.15, -0.1) is 23.7 Å². The van der Waals surface area contributed by atoms with Crippen molar-refractivity contribution in [1.82, 2.24) is 20.2 Å². The molecule has 1 aliphatic rings. The highest BCUT2D eigenvalue weighted by atomic mass is 35.5. The molecule has 0 radical (unpaired) electrons. The van der Waals surface area contributed by atoms with Gasteiger partial charge < -0.3 is 10.3 Å². The predicted molar refractivity (Wildman–Crippen MR) is 94.1 cm³/mol. The van der Waals surface area contributed by atoms with Gasteiger partial charge in [0.2, 0.25) is 0 Å². The van der Waals surface area contributed by atoms with Gasteiger partial charge in [0.15, 0.2) is 0 Å². The van der Waals surface area contributed by atoms with Crippen molar-refractivity contribution in [3.8, 4) is 0 Å². The first kappa shape index (κ1) is 17.4. The monoisotopic (exact) mass is 342 g/mol. The Morgan fingerprint density at radius 1 is 1.41 bits per heavy atom. The lowest BCUT2D eigenvalue weighted by molar-refractivity contribution is 0.150. The van der Waals surface area contributed by atoms with Crippen molar-refractivity contribution in [2.45, 2.75) is 38.8 Å². The molecule has 0 bridgehead atoms. The number of hydrogen-bond donors (Lipinski definition) is 2. The van der Waals surface area contributed by atoms with E-state index in [-0.39, 0.29) is 18.0 Å². The summed E-state index contributed by atoms with van der Waals surface area (Å²) in [5.74, 6) is 0.790. The average Bonchev–Trinajstić information content (AvgIpc) is 2.97. The van der Waals surface area contributed by atoms with Crippen LogP contribution in [0.2, 0.25) is 0 Å². The largest absolute Gasteiger partial charge is 0.317 e. The molecule has 5 nitrogen and oxygen atoms in total. The van der Waals surface area contributed by atoms with Crippen molar-refractivity contribution in [1.29, 1.82) is 0 Å². The highest BCUT2D eigenvalue weighted by Crippen LogP contribution is 2.17. The molecule has 0 spiro atoms. The summed E-state index contributed by atoms with van der Waals surface area (Å²) in [7, 11) is 0. The van der Waals surface area contributed by atoms with E-state index in [0.29, 0.717) is 6.04 Å². The quantitative estimate of drug-likeness (QED) is 0.875. The molecule has 1 fully saturated rings. The summed E-state index contributed by atoms with van der Waals surface area (Å²) in [6.45, 7) is 6.15. The van der Waals surface area contributed by atoms with Crippen LogP contribution in [0.1, 0.15) is 32.0 Å².